The van der Waals surface area contributed by atoms with Crippen molar-refractivity contribution in [2.75, 3.05) is 7.11 Å². The summed E-state index contributed by atoms with van der Waals surface area (Å²) in [5.41, 5.74) is -3.40. The van der Waals surface area contributed by atoms with E-state index in [1.807, 2.05) is 0 Å². The highest BCUT2D eigenvalue weighted by molar-refractivity contribution is 5.93. The second kappa shape index (κ2) is 7.23. The fraction of sp³-hybridized carbons (Fsp3) is 0.600. The first-order valence-electron chi connectivity index (χ1n) is 7.03. The van der Waals surface area contributed by atoms with Gasteiger partial charge in [0.1, 0.15) is 5.69 Å². The number of carbonyl (C=O) groups is 1. The highest BCUT2D eigenvalue weighted by Crippen LogP contribution is 2.37. The molecule has 0 atom stereocenters. The first-order chi connectivity index (χ1) is 10.5. The highest BCUT2D eigenvalue weighted by Gasteiger charge is 2.41. The van der Waals surface area contributed by atoms with Crippen LogP contribution in [0.1, 0.15) is 60.1 Å². The number of carbonyl (C=O) groups excluding carboxylic acids is 1. The molecule has 0 aliphatic carbocycles. The maximum absolute atomic E-state index is 13.2. The number of rotatable bonds is 5. The van der Waals surface area contributed by atoms with E-state index >= 15 is 0 Å². The van der Waals surface area contributed by atoms with Gasteiger partial charge in [-0.3, -0.25) is 0 Å². The Morgan fingerprint density at radius 3 is 2.13 bits per heavy atom. The van der Waals surface area contributed by atoms with Gasteiger partial charge in [-0.1, -0.05) is 20.8 Å². The number of ether oxygens (including phenoxy) is 1. The molecule has 0 saturated heterocycles. The molecule has 0 aromatic carbocycles. The first kappa shape index (κ1) is 19.3. The molecule has 0 aliphatic heterocycles. The topological polar surface area (TPSA) is 39.2 Å². The molecule has 0 N–H and O–H groups in total. The first-order valence-corrected chi connectivity index (χ1v) is 7.03. The smallest absolute Gasteiger partial charge is 0.434 e. The van der Waals surface area contributed by atoms with Crippen molar-refractivity contribution in [2.24, 2.45) is 5.92 Å². The summed E-state index contributed by atoms with van der Waals surface area (Å²) in [6, 6.07) is 0. The van der Waals surface area contributed by atoms with Crippen LogP contribution >= 0.6 is 0 Å². The molecule has 3 nitrogen and oxygen atoms in total. The van der Waals surface area contributed by atoms with Gasteiger partial charge < -0.3 is 4.74 Å². The molecule has 0 amide bonds. The molecule has 0 saturated carbocycles. The summed E-state index contributed by atoms with van der Waals surface area (Å²) in [5, 5.41) is 0. The molecular formula is C15H18F5NO2. The Hall–Kier alpha value is -1.73. The summed E-state index contributed by atoms with van der Waals surface area (Å²) in [6.07, 6.45) is -8.12. The van der Waals surface area contributed by atoms with Crippen molar-refractivity contribution < 1.29 is 31.5 Å². The Kier molecular flexibility index (Phi) is 6.07. The van der Waals surface area contributed by atoms with Gasteiger partial charge in [-0.2, -0.15) is 13.2 Å². The van der Waals surface area contributed by atoms with Crippen molar-refractivity contribution in [2.45, 2.75) is 46.2 Å². The van der Waals surface area contributed by atoms with Crippen LogP contribution < -0.4 is 0 Å². The fourth-order valence-electron chi connectivity index (χ4n) is 2.43. The van der Waals surface area contributed by atoms with E-state index in [2.05, 4.69) is 9.72 Å². The Morgan fingerprint density at radius 1 is 1.22 bits per heavy atom. The molecule has 0 fully saturated rings. The molecule has 8 heteroatoms. The number of aromatic nitrogens is 1. The third-order valence-corrected chi connectivity index (χ3v) is 3.27. The molecule has 0 unspecified atom stereocenters. The monoisotopic (exact) mass is 339 g/mol. The number of pyridine rings is 1. The average molecular weight is 339 g/mol. The maximum Gasteiger partial charge on any atom is 0.434 e. The molecule has 130 valence electrons. The second-order valence-corrected chi connectivity index (χ2v) is 5.42. The van der Waals surface area contributed by atoms with E-state index in [1.165, 1.54) is 6.92 Å². The largest absolute Gasteiger partial charge is 0.465 e. The summed E-state index contributed by atoms with van der Waals surface area (Å²) in [5.74, 6) is -1.37. The predicted octanol–water partition coefficient (Wildman–Crippen LogP) is 4.59. The standard InChI is InChI=1S/C15H18F5NO2/c1-5-8-9(6-7(2)3)10(14(22)23-4)12(15(18,19)20)21-11(8)13(16)17/h7,13H,5-6H2,1-4H3. The normalized spacial score (nSPS) is 12.1. The molecule has 0 bridgehead atoms. The van der Waals surface area contributed by atoms with E-state index < -0.39 is 35.5 Å². The van der Waals surface area contributed by atoms with Crippen molar-refractivity contribution in [3.63, 3.8) is 0 Å². The van der Waals surface area contributed by atoms with E-state index in [9.17, 15) is 26.7 Å². The number of hydrogen-bond donors (Lipinski definition) is 0. The SMILES string of the molecule is CCc1c(C(F)F)nc(C(F)(F)F)c(C(=O)OC)c1CC(C)C. The van der Waals surface area contributed by atoms with Gasteiger partial charge in [0.25, 0.3) is 6.43 Å². The van der Waals surface area contributed by atoms with E-state index in [-0.39, 0.29) is 29.9 Å². The molecule has 1 aromatic heterocycles. The van der Waals surface area contributed by atoms with Crippen molar-refractivity contribution in [1.82, 2.24) is 4.98 Å². The summed E-state index contributed by atoms with van der Waals surface area (Å²) in [7, 11) is 0.939. The van der Waals surface area contributed by atoms with Crippen LogP contribution in [0.15, 0.2) is 0 Å². The number of alkyl halides is 5. The molecule has 1 rings (SSSR count). The molecule has 0 aliphatic rings. The molecule has 1 aromatic rings. The van der Waals surface area contributed by atoms with Crippen LogP contribution in [0.2, 0.25) is 0 Å². The number of nitrogens with zero attached hydrogens (tertiary/aromatic N) is 1. The minimum Gasteiger partial charge on any atom is -0.465 e. The van der Waals surface area contributed by atoms with Crippen molar-refractivity contribution in [3.8, 4) is 0 Å². The zero-order chi connectivity index (χ0) is 17.9. The summed E-state index contributed by atoms with van der Waals surface area (Å²) >= 11 is 0. The quantitative estimate of drug-likeness (QED) is 0.582. The number of esters is 1. The lowest BCUT2D eigenvalue weighted by atomic mass is 9.90. The molecule has 23 heavy (non-hydrogen) atoms. The van der Waals surface area contributed by atoms with Crippen LogP contribution in [0.5, 0.6) is 0 Å². The van der Waals surface area contributed by atoms with E-state index in [4.69, 9.17) is 0 Å². The highest BCUT2D eigenvalue weighted by atomic mass is 19.4. The van der Waals surface area contributed by atoms with Gasteiger partial charge in [0.2, 0.25) is 0 Å². The lowest BCUT2D eigenvalue weighted by molar-refractivity contribution is -0.142. The molecule has 0 spiro atoms. The molecular weight excluding hydrogens is 321 g/mol. The van der Waals surface area contributed by atoms with Crippen LogP contribution in [0.25, 0.3) is 0 Å². The third kappa shape index (κ3) is 4.17. The third-order valence-electron chi connectivity index (χ3n) is 3.27. The van der Waals surface area contributed by atoms with Crippen LogP contribution in [0, 0.1) is 5.92 Å². The molecule has 0 radical (unpaired) electrons. The van der Waals surface area contributed by atoms with Gasteiger partial charge in [-0.25, -0.2) is 18.6 Å². The average Bonchev–Trinajstić information content (AvgIpc) is 2.43. The van der Waals surface area contributed by atoms with E-state index in [1.54, 1.807) is 13.8 Å². The Morgan fingerprint density at radius 2 is 1.78 bits per heavy atom. The zero-order valence-corrected chi connectivity index (χ0v) is 13.2. The van der Waals surface area contributed by atoms with Crippen LogP contribution in [0.4, 0.5) is 22.0 Å². The van der Waals surface area contributed by atoms with Crippen LogP contribution in [-0.2, 0) is 23.8 Å². The van der Waals surface area contributed by atoms with Crippen LogP contribution in [-0.4, -0.2) is 18.1 Å². The second-order valence-electron chi connectivity index (χ2n) is 5.42. The van der Waals surface area contributed by atoms with E-state index in [0.29, 0.717) is 0 Å². The van der Waals surface area contributed by atoms with Gasteiger partial charge in [-0.15, -0.1) is 0 Å². The lowest BCUT2D eigenvalue weighted by Gasteiger charge is -2.21. The number of halogens is 5. The Bertz CT molecular complexity index is 582. The van der Waals surface area contributed by atoms with Gasteiger partial charge in [0.15, 0.2) is 5.69 Å². The van der Waals surface area contributed by atoms with E-state index in [0.717, 1.165) is 7.11 Å². The summed E-state index contributed by atoms with van der Waals surface area (Å²) in [4.78, 5) is 15.0. The summed E-state index contributed by atoms with van der Waals surface area (Å²) < 4.78 is 70.4. The van der Waals surface area contributed by atoms with Gasteiger partial charge in [0, 0.05) is 0 Å². The van der Waals surface area contributed by atoms with Gasteiger partial charge in [0.05, 0.1) is 12.7 Å². The van der Waals surface area contributed by atoms with Crippen molar-refractivity contribution >= 4 is 5.97 Å². The maximum atomic E-state index is 13.2. The minimum absolute atomic E-state index is 0.0258. The fourth-order valence-corrected chi connectivity index (χ4v) is 2.43. The van der Waals surface area contributed by atoms with Gasteiger partial charge in [-0.05, 0) is 29.9 Å². The predicted molar refractivity (Wildman–Crippen MR) is 73.5 cm³/mol. The zero-order valence-electron chi connectivity index (χ0n) is 13.2. The lowest BCUT2D eigenvalue weighted by Crippen LogP contribution is -2.23. The number of methoxy groups -OCH3 is 1. The Balaban J connectivity index is 3.90. The van der Waals surface area contributed by atoms with Crippen LogP contribution in [0.3, 0.4) is 0 Å². The number of hydrogen-bond acceptors (Lipinski definition) is 3. The van der Waals surface area contributed by atoms with Gasteiger partial charge >= 0.3 is 12.1 Å². The summed E-state index contributed by atoms with van der Waals surface area (Å²) in [6.45, 7) is 4.97. The minimum atomic E-state index is -5.04. The van der Waals surface area contributed by atoms with Crippen molar-refractivity contribution in [3.05, 3.63) is 28.1 Å². The molecule has 1 heterocycles. The van der Waals surface area contributed by atoms with Crippen molar-refractivity contribution in [1.29, 1.82) is 0 Å². The Labute approximate surface area is 130 Å².